The number of nitrogens with one attached hydrogen (secondary N) is 2. The number of ether oxygens (including phenoxy) is 3. The molecule has 2 N–H and O–H groups in total. The zero-order valence-electron chi connectivity index (χ0n) is 22.2. The number of pyridine rings is 2. The van der Waals surface area contributed by atoms with Crippen molar-refractivity contribution in [3.8, 4) is 17.2 Å². The molecule has 0 saturated heterocycles. The lowest BCUT2D eigenvalue weighted by molar-refractivity contribution is -0.108. The molecular formula is C26H32N8O4. The number of urea groups is 1. The summed E-state index contributed by atoms with van der Waals surface area (Å²) in [6.45, 7) is 3.40. The number of nitrogens with zero attached hydrogens (tertiary/aromatic N) is 6. The van der Waals surface area contributed by atoms with E-state index in [9.17, 15) is 10.1 Å². The van der Waals surface area contributed by atoms with Crippen molar-refractivity contribution in [2.24, 2.45) is 7.05 Å². The first-order valence-corrected chi connectivity index (χ1v) is 12.2. The molecule has 0 aliphatic carbocycles. The molecule has 4 rings (SSSR count). The van der Waals surface area contributed by atoms with Crippen molar-refractivity contribution >= 4 is 23.4 Å². The average molecular weight is 521 g/mol. The number of hydrogen-bond donors (Lipinski definition) is 2. The van der Waals surface area contributed by atoms with Crippen LogP contribution in [0.5, 0.6) is 0 Å². The molecule has 38 heavy (non-hydrogen) atoms. The summed E-state index contributed by atoms with van der Waals surface area (Å²) in [4.78, 5) is 24.2. The largest absolute Gasteiger partial charge is 0.383 e. The van der Waals surface area contributed by atoms with Gasteiger partial charge < -0.3 is 19.5 Å². The molecule has 12 nitrogen and oxygen atoms in total. The lowest BCUT2D eigenvalue weighted by Gasteiger charge is -2.30. The van der Waals surface area contributed by atoms with Crippen LogP contribution in [-0.4, -0.2) is 66.8 Å². The van der Waals surface area contributed by atoms with Gasteiger partial charge in [0.15, 0.2) is 0 Å². The van der Waals surface area contributed by atoms with E-state index >= 15 is 0 Å². The maximum atomic E-state index is 13.4. The zero-order chi connectivity index (χ0) is 27.2. The van der Waals surface area contributed by atoms with Crippen LogP contribution in [0.1, 0.15) is 35.2 Å². The molecule has 3 aromatic rings. The molecule has 2 amide bonds. The fourth-order valence-electron chi connectivity index (χ4n) is 4.51. The minimum atomic E-state index is -0.734. The van der Waals surface area contributed by atoms with Crippen LogP contribution in [0.25, 0.3) is 11.1 Å². The lowest BCUT2D eigenvalue weighted by atomic mass is 9.97. The predicted octanol–water partition coefficient (Wildman–Crippen LogP) is 3.39. The Kier molecular flexibility index (Phi) is 8.52. The molecule has 12 heteroatoms. The summed E-state index contributed by atoms with van der Waals surface area (Å²) >= 11 is 0. The molecular weight excluding hydrogens is 488 g/mol. The number of carbonyl (C=O) groups is 1. The quantitative estimate of drug-likeness (QED) is 0.321. The molecule has 0 saturated carbocycles. The van der Waals surface area contributed by atoms with Crippen LogP contribution in [0, 0.1) is 18.3 Å². The van der Waals surface area contributed by atoms with Gasteiger partial charge in [-0.2, -0.15) is 10.4 Å². The second-order valence-electron chi connectivity index (χ2n) is 8.84. The molecule has 3 aromatic heterocycles. The average Bonchev–Trinajstić information content (AvgIpc) is 3.26. The first kappa shape index (κ1) is 27.0. The van der Waals surface area contributed by atoms with Gasteiger partial charge in [0.25, 0.3) is 0 Å². The Balaban J connectivity index is 1.68. The highest BCUT2D eigenvalue weighted by molar-refractivity contribution is 6.01. The molecule has 0 fully saturated rings. The summed E-state index contributed by atoms with van der Waals surface area (Å²) in [6.07, 6.45) is 4.17. The molecule has 0 bridgehead atoms. The summed E-state index contributed by atoms with van der Waals surface area (Å²) in [6, 6.07) is 5.41. The summed E-state index contributed by atoms with van der Waals surface area (Å²) in [5.41, 5.74) is 5.07. The Hall–Kier alpha value is -4.05. The van der Waals surface area contributed by atoms with Gasteiger partial charge in [0, 0.05) is 71.1 Å². The monoisotopic (exact) mass is 520 g/mol. The summed E-state index contributed by atoms with van der Waals surface area (Å²) in [5.74, 6) is 0.857. The number of fused-ring (bicyclic) bond motifs is 1. The van der Waals surface area contributed by atoms with E-state index in [1.54, 1.807) is 37.0 Å². The normalized spacial score (nSPS) is 12.8. The van der Waals surface area contributed by atoms with Crippen molar-refractivity contribution < 1.29 is 19.0 Å². The Morgan fingerprint density at radius 3 is 2.68 bits per heavy atom. The molecule has 0 spiro atoms. The van der Waals surface area contributed by atoms with E-state index in [1.807, 2.05) is 26.2 Å². The highest BCUT2D eigenvalue weighted by Crippen LogP contribution is 2.37. The Bertz CT molecular complexity index is 1350. The smallest absolute Gasteiger partial charge is 0.328 e. The van der Waals surface area contributed by atoms with Gasteiger partial charge in [0.2, 0.25) is 6.29 Å². The Morgan fingerprint density at radius 1 is 1.24 bits per heavy atom. The van der Waals surface area contributed by atoms with Gasteiger partial charge >= 0.3 is 6.03 Å². The third-order valence-electron chi connectivity index (χ3n) is 6.27. The fourth-order valence-corrected chi connectivity index (χ4v) is 4.51. The first-order valence-electron chi connectivity index (χ1n) is 12.2. The highest BCUT2D eigenvalue weighted by Gasteiger charge is 2.29. The second kappa shape index (κ2) is 12.0. The van der Waals surface area contributed by atoms with E-state index in [0.717, 1.165) is 35.2 Å². The van der Waals surface area contributed by atoms with Crippen molar-refractivity contribution in [2.75, 3.05) is 56.6 Å². The number of aryl methyl sites for hydroxylation is 3. The maximum Gasteiger partial charge on any atom is 0.328 e. The van der Waals surface area contributed by atoms with Crippen molar-refractivity contribution in [1.29, 1.82) is 5.26 Å². The zero-order valence-corrected chi connectivity index (χ0v) is 22.2. The summed E-state index contributed by atoms with van der Waals surface area (Å²) < 4.78 is 18.0. The number of anilines is 3. The molecule has 0 aromatic carbocycles. The van der Waals surface area contributed by atoms with E-state index in [4.69, 9.17) is 19.2 Å². The number of hydrogen-bond acceptors (Lipinski definition) is 9. The number of nitriles is 1. The fraction of sp³-hybridized carbons (Fsp3) is 0.423. The van der Waals surface area contributed by atoms with Crippen LogP contribution >= 0.6 is 0 Å². The summed E-state index contributed by atoms with van der Waals surface area (Å²) in [5, 5.41) is 19.9. The first-order chi connectivity index (χ1) is 18.4. The molecule has 0 unspecified atom stereocenters. The number of rotatable bonds is 9. The van der Waals surface area contributed by atoms with Gasteiger partial charge in [-0.05, 0) is 31.4 Å². The molecule has 1 aliphatic heterocycles. The van der Waals surface area contributed by atoms with Crippen molar-refractivity contribution in [3.63, 3.8) is 0 Å². The van der Waals surface area contributed by atoms with Gasteiger partial charge in [0.05, 0.1) is 23.6 Å². The molecule has 0 atom stereocenters. The van der Waals surface area contributed by atoms with Gasteiger partial charge in [-0.15, -0.1) is 0 Å². The Labute approximate surface area is 221 Å². The topological polar surface area (TPSA) is 139 Å². The highest BCUT2D eigenvalue weighted by atomic mass is 16.7. The van der Waals surface area contributed by atoms with E-state index in [-0.39, 0.29) is 6.03 Å². The summed E-state index contributed by atoms with van der Waals surface area (Å²) in [7, 11) is 6.57. The maximum absolute atomic E-state index is 13.4. The predicted molar refractivity (Wildman–Crippen MR) is 142 cm³/mol. The third-order valence-corrected chi connectivity index (χ3v) is 6.27. The van der Waals surface area contributed by atoms with Crippen molar-refractivity contribution in [1.82, 2.24) is 19.7 Å². The standard InChI is InChI=1S/C26H32N8O4/c1-16-20(15-33(2)32-16)19-11-17-7-6-9-34(24(17)31-23(19)25(37-4)38-5)26(35)30-22-12-21(28-8-10-36-3)18(13-27)14-29-22/h11-12,14-15,25H,6-10H2,1-5H3,(H2,28,29,30,35). The minimum Gasteiger partial charge on any atom is -0.383 e. The van der Waals surface area contributed by atoms with Crippen molar-refractivity contribution in [3.05, 3.63) is 47.0 Å². The second-order valence-corrected chi connectivity index (χ2v) is 8.84. The molecule has 0 radical (unpaired) electrons. The van der Waals surface area contributed by atoms with Gasteiger partial charge in [-0.3, -0.25) is 14.9 Å². The van der Waals surface area contributed by atoms with Crippen LogP contribution in [0.2, 0.25) is 0 Å². The van der Waals surface area contributed by atoms with E-state index in [0.29, 0.717) is 48.3 Å². The van der Waals surface area contributed by atoms with Crippen LogP contribution < -0.4 is 15.5 Å². The molecule has 200 valence electrons. The lowest BCUT2D eigenvalue weighted by Crippen LogP contribution is -2.40. The SMILES string of the molecule is COCCNc1cc(NC(=O)N2CCCc3cc(-c4cn(C)nc4C)c(C(OC)OC)nc32)ncc1C#N. The van der Waals surface area contributed by atoms with E-state index in [1.165, 1.54) is 6.20 Å². The van der Waals surface area contributed by atoms with Crippen molar-refractivity contribution in [2.45, 2.75) is 26.1 Å². The number of methoxy groups -OCH3 is 3. The van der Waals surface area contributed by atoms with Crippen LogP contribution in [-0.2, 0) is 27.7 Å². The van der Waals surface area contributed by atoms with Gasteiger partial charge in [-0.25, -0.2) is 14.8 Å². The minimum absolute atomic E-state index is 0.315. The van der Waals surface area contributed by atoms with E-state index < -0.39 is 6.29 Å². The number of aromatic nitrogens is 4. The van der Waals surface area contributed by atoms with Gasteiger partial charge in [-0.1, -0.05) is 0 Å². The van der Waals surface area contributed by atoms with Crippen LogP contribution in [0.4, 0.5) is 22.1 Å². The number of amides is 2. The third kappa shape index (κ3) is 5.60. The van der Waals surface area contributed by atoms with Crippen LogP contribution in [0.15, 0.2) is 24.5 Å². The van der Waals surface area contributed by atoms with Crippen LogP contribution in [0.3, 0.4) is 0 Å². The Morgan fingerprint density at radius 2 is 2.03 bits per heavy atom. The molecule has 4 heterocycles. The number of carbonyl (C=O) groups excluding carboxylic acids is 1. The van der Waals surface area contributed by atoms with E-state index in [2.05, 4.69) is 26.8 Å². The van der Waals surface area contributed by atoms with Gasteiger partial charge in [0.1, 0.15) is 23.4 Å². The molecule has 1 aliphatic rings.